The van der Waals surface area contributed by atoms with E-state index in [0.29, 0.717) is 11.3 Å². The van der Waals surface area contributed by atoms with Crippen molar-refractivity contribution in [3.8, 4) is 16.9 Å². The van der Waals surface area contributed by atoms with Gasteiger partial charge in [-0.1, -0.05) is 23.7 Å². The summed E-state index contributed by atoms with van der Waals surface area (Å²) < 4.78 is 34.0. The lowest BCUT2D eigenvalue weighted by Crippen LogP contribution is -2.44. The Hall–Kier alpha value is -3.43. The molecular weight excluding hydrogens is 488 g/mol. The van der Waals surface area contributed by atoms with Crippen LogP contribution in [0.4, 0.5) is 25.1 Å². The van der Waals surface area contributed by atoms with Gasteiger partial charge in [-0.3, -0.25) is 0 Å². The molecule has 4 rings (SSSR count). The Morgan fingerprint density at radius 3 is 2.50 bits per heavy atom. The molecule has 10 heteroatoms. The summed E-state index contributed by atoms with van der Waals surface area (Å²) in [6.45, 7) is 3.47. The number of likely N-dealkylation sites (tertiary alicyclic amines) is 1. The monoisotopic (exact) mass is 515 g/mol. The summed E-state index contributed by atoms with van der Waals surface area (Å²) in [6, 6.07) is 10.8. The highest BCUT2D eigenvalue weighted by molar-refractivity contribution is 6.31. The summed E-state index contributed by atoms with van der Waals surface area (Å²) in [5, 5.41) is 5.53. The minimum atomic E-state index is -0.915. The molecular formula is C26H28ClF2N5O2. The van der Waals surface area contributed by atoms with Gasteiger partial charge in [0.2, 0.25) is 0 Å². The minimum absolute atomic E-state index is 0.0994. The van der Waals surface area contributed by atoms with Crippen LogP contribution in [0.2, 0.25) is 5.02 Å². The average Bonchev–Trinajstić information content (AvgIpc) is 2.85. The van der Waals surface area contributed by atoms with Crippen molar-refractivity contribution in [2.45, 2.75) is 31.9 Å². The molecule has 0 radical (unpaired) electrons. The SMILES string of the molecule is CC(Oc1cc(-c2ccc(NC(=O)NC3CCN(C)CC3)cc2)cnc1N)c1c(F)ccc(F)c1Cl. The largest absolute Gasteiger partial charge is 0.482 e. The zero-order chi connectivity index (χ0) is 25.8. The lowest BCUT2D eigenvalue weighted by Gasteiger charge is -2.29. The number of nitrogens with zero attached hydrogens (tertiary/aromatic N) is 2. The predicted molar refractivity (Wildman–Crippen MR) is 137 cm³/mol. The number of nitrogen functional groups attached to an aromatic ring is 1. The van der Waals surface area contributed by atoms with E-state index in [-0.39, 0.29) is 34.2 Å². The van der Waals surface area contributed by atoms with Gasteiger partial charge in [0.05, 0.1) is 5.02 Å². The maximum Gasteiger partial charge on any atom is 0.319 e. The van der Waals surface area contributed by atoms with Gasteiger partial charge in [0.1, 0.15) is 17.7 Å². The maximum absolute atomic E-state index is 14.3. The molecule has 0 spiro atoms. The Morgan fingerprint density at radius 1 is 1.14 bits per heavy atom. The number of nitrogens with two attached hydrogens (primary N) is 1. The average molecular weight is 516 g/mol. The smallest absolute Gasteiger partial charge is 0.319 e. The molecule has 0 saturated carbocycles. The first-order valence-electron chi connectivity index (χ1n) is 11.6. The van der Waals surface area contributed by atoms with Gasteiger partial charge >= 0.3 is 6.03 Å². The summed E-state index contributed by atoms with van der Waals surface area (Å²) in [7, 11) is 2.07. The van der Waals surface area contributed by atoms with Gasteiger partial charge in [-0.25, -0.2) is 18.6 Å². The molecule has 0 bridgehead atoms. The van der Waals surface area contributed by atoms with E-state index in [1.807, 2.05) is 12.1 Å². The summed E-state index contributed by atoms with van der Waals surface area (Å²) in [5.74, 6) is -1.11. The van der Waals surface area contributed by atoms with Gasteiger partial charge in [0.25, 0.3) is 0 Å². The number of halogens is 3. The lowest BCUT2D eigenvalue weighted by atomic mass is 10.1. The second-order valence-corrected chi connectivity index (χ2v) is 9.26. The van der Waals surface area contributed by atoms with Crippen LogP contribution >= 0.6 is 11.6 Å². The van der Waals surface area contributed by atoms with Crippen LogP contribution < -0.4 is 21.1 Å². The van der Waals surface area contributed by atoms with Gasteiger partial charge in [0.15, 0.2) is 11.6 Å². The summed E-state index contributed by atoms with van der Waals surface area (Å²) in [6.07, 6.45) is 2.52. The molecule has 1 unspecified atom stereocenters. The highest BCUT2D eigenvalue weighted by atomic mass is 35.5. The van der Waals surface area contributed by atoms with E-state index in [9.17, 15) is 13.6 Å². The summed E-state index contributed by atoms with van der Waals surface area (Å²) >= 11 is 5.96. The highest BCUT2D eigenvalue weighted by Gasteiger charge is 2.21. The molecule has 36 heavy (non-hydrogen) atoms. The third kappa shape index (κ3) is 6.03. The number of anilines is 2. The van der Waals surface area contributed by atoms with Crippen LogP contribution in [0.25, 0.3) is 11.1 Å². The molecule has 1 aliphatic rings. The van der Waals surface area contributed by atoms with E-state index in [0.717, 1.165) is 43.6 Å². The van der Waals surface area contributed by atoms with Crippen molar-refractivity contribution >= 4 is 29.1 Å². The standard InChI is InChI=1S/C26H28ClF2N5O2/c1-15(23-20(28)7-8-21(29)24(23)27)36-22-13-17(14-31-25(22)30)16-3-5-18(6-4-16)32-26(35)33-19-9-11-34(2)12-10-19/h3-8,13-15,19H,9-12H2,1-2H3,(H2,30,31)(H2,32,33,35). The number of carbonyl (C=O) groups excluding carboxylic acids is 1. The number of nitrogens with one attached hydrogen (secondary N) is 2. The quantitative estimate of drug-likeness (QED) is 0.371. The van der Waals surface area contributed by atoms with E-state index in [2.05, 4.69) is 27.6 Å². The Kier molecular flexibility index (Phi) is 7.91. The molecule has 4 N–H and O–H groups in total. The number of carbonyl (C=O) groups is 1. The minimum Gasteiger partial charge on any atom is -0.482 e. The fourth-order valence-corrected chi connectivity index (χ4v) is 4.43. The van der Waals surface area contributed by atoms with Crippen molar-refractivity contribution in [1.29, 1.82) is 0 Å². The fraction of sp³-hybridized carbons (Fsp3) is 0.308. The van der Waals surface area contributed by atoms with Crippen molar-refractivity contribution in [1.82, 2.24) is 15.2 Å². The number of hydrogen-bond donors (Lipinski definition) is 3. The van der Waals surface area contributed by atoms with Gasteiger partial charge in [-0.15, -0.1) is 0 Å². The van der Waals surface area contributed by atoms with Crippen LogP contribution in [-0.2, 0) is 0 Å². The van der Waals surface area contributed by atoms with Crippen molar-refractivity contribution < 1.29 is 18.3 Å². The van der Waals surface area contributed by atoms with E-state index in [1.165, 1.54) is 0 Å². The number of pyridine rings is 1. The third-order valence-corrected chi connectivity index (χ3v) is 6.59. The van der Waals surface area contributed by atoms with Crippen molar-refractivity contribution in [2.75, 3.05) is 31.2 Å². The van der Waals surface area contributed by atoms with E-state index in [1.54, 1.807) is 31.3 Å². The van der Waals surface area contributed by atoms with Crippen molar-refractivity contribution in [3.63, 3.8) is 0 Å². The number of hydrogen-bond acceptors (Lipinski definition) is 5. The van der Waals surface area contributed by atoms with Crippen LogP contribution in [0.3, 0.4) is 0 Å². The molecule has 190 valence electrons. The van der Waals surface area contributed by atoms with Crippen LogP contribution in [0, 0.1) is 11.6 Å². The normalized spacial score (nSPS) is 15.4. The molecule has 1 aromatic heterocycles. The number of piperidine rings is 1. The molecule has 0 aliphatic carbocycles. The molecule has 1 saturated heterocycles. The first-order valence-corrected chi connectivity index (χ1v) is 12.0. The molecule has 2 amide bonds. The topological polar surface area (TPSA) is 92.5 Å². The lowest BCUT2D eigenvalue weighted by molar-refractivity contribution is 0.221. The zero-order valence-electron chi connectivity index (χ0n) is 20.0. The van der Waals surface area contributed by atoms with Gasteiger partial charge in [-0.05, 0) is 75.8 Å². The van der Waals surface area contributed by atoms with E-state index < -0.39 is 17.7 Å². The highest BCUT2D eigenvalue weighted by Crippen LogP contribution is 2.35. The second-order valence-electron chi connectivity index (χ2n) is 8.88. The predicted octanol–water partition coefficient (Wildman–Crippen LogP) is 5.62. The first kappa shape index (κ1) is 25.7. The van der Waals surface area contributed by atoms with Gasteiger partial charge in [-0.2, -0.15) is 0 Å². The number of urea groups is 1. The molecule has 1 atom stereocenters. The second kappa shape index (κ2) is 11.1. The molecule has 1 aliphatic heterocycles. The molecule has 7 nitrogen and oxygen atoms in total. The molecule has 2 aromatic carbocycles. The Bertz CT molecular complexity index is 1230. The number of amides is 2. The molecule has 3 aromatic rings. The van der Waals surface area contributed by atoms with Gasteiger partial charge < -0.3 is 26.0 Å². The van der Waals surface area contributed by atoms with Crippen LogP contribution in [0.1, 0.15) is 31.4 Å². The number of benzene rings is 2. The van der Waals surface area contributed by atoms with Crippen LogP contribution in [0.15, 0.2) is 48.7 Å². The number of aromatic nitrogens is 1. The Labute approximate surface area is 213 Å². The van der Waals surface area contributed by atoms with Crippen LogP contribution in [-0.4, -0.2) is 42.1 Å². The van der Waals surface area contributed by atoms with Crippen LogP contribution in [0.5, 0.6) is 5.75 Å². The zero-order valence-corrected chi connectivity index (χ0v) is 20.8. The molecule has 1 fully saturated rings. The summed E-state index contributed by atoms with van der Waals surface area (Å²) in [5.41, 5.74) is 8.01. The van der Waals surface area contributed by atoms with Crippen molar-refractivity contribution in [3.05, 3.63) is 70.9 Å². The first-order chi connectivity index (χ1) is 17.2. The third-order valence-electron chi connectivity index (χ3n) is 6.20. The molecule has 2 heterocycles. The summed E-state index contributed by atoms with van der Waals surface area (Å²) in [4.78, 5) is 18.8. The maximum atomic E-state index is 14.3. The van der Waals surface area contributed by atoms with Crippen molar-refractivity contribution in [2.24, 2.45) is 0 Å². The van der Waals surface area contributed by atoms with E-state index in [4.69, 9.17) is 22.1 Å². The van der Waals surface area contributed by atoms with Gasteiger partial charge in [0, 0.05) is 29.1 Å². The number of rotatable bonds is 6. The number of ether oxygens (including phenoxy) is 1. The Morgan fingerprint density at radius 2 is 1.81 bits per heavy atom. The fourth-order valence-electron chi connectivity index (χ4n) is 4.12. The van der Waals surface area contributed by atoms with E-state index >= 15 is 0 Å². The Balaban J connectivity index is 1.43.